The van der Waals surface area contributed by atoms with Crippen LogP contribution < -0.4 is 0 Å². The molecular weight excluding hydrogens is 402 g/mol. The van der Waals surface area contributed by atoms with Gasteiger partial charge < -0.3 is 9.51 Å². The van der Waals surface area contributed by atoms with Gasteiger partial charge in [0.2, 0.25) is 21.7 Å². The smallest absolute Gasteiger partial charge is 0.223 e. The molecule has 1 aliphatic heterocycles. The van der Waals surface area contributed by atoms with Crippen LogP contribution in [0.2, 0.25) is 0 Å². The Morgan fingerprint density at radius 2 is 1.93 bits per heavy atom. The normalized spacial score (nSPS) is 19.3. The van der Waals surface area contributed by atoms with Gasteiger partial charge in [-0.15, -0.1) is 0 Å². The van der Waals surface area contributed by atoms with Gasteiger partial charge in [-0.1, -0.05) is 41.6 Å². The van der Waals surface area contributed by atoms with E-state index in [9.17, 15) is 8.42 Å². The molecule has 1 unspecified atom stereocenters. The van der Waals surface area contributed by atoms with Crippen LogP contribution in [0.4, 0.5) is 0 Å². The van der Waals surface area contributed by atoms with Crippen LogP contribution in [-0.4, -0.2) is 45.1 Å². The number of H-pyrrole nitrogens is 1. The summed E-state index contributed by atoms with van der Waals surface area (Å²) in [6, 6.07) is 15.3. The van der Waals surface area contributed by atoms with Crippen molar-refractivity contribution in [1.82, 2.24) is 24.4 Å². The molecule has 9 heteroatoms. The van der Waals surface area contributed by atoms with Gasteiger partial charge in [0.15, 0.2) is 0 Å². The molecule has 1 fully saturated rings. The van der Waals surface area contributed by atoms with Crippen molar-refractivity contribution >= 4 is 21.1 Å². The van der Waals surface area contributed by atoms with Gasteiger partial charge in [-0.05, 0) is 24.1 Å². The third kappa shape index (κ3) is 3.61. The third-order valence-electron chi connectivity index (χ3n) is 5.43. The van der Waals surface area contributed by atoms with Gasteiger partial charge in [0.1, 0.15) is 5.82 Å². The first-order chi connectivity index (χ1) is 14.5. The van der Waals surface area contributed by atoms with Gasteiger partial charge in [-0.2, -0.15) is 9.29 Å². The molecule has 1 N–H and O–H groups in total. The molecule has 0 amide bonds. The summed E-state index contributed by atoms with van der Waals surface area (Å²) in [6.07, 6.45) is 0.735. The fourth-order valence-corrected chi connectivity index (χ4v) is 5.59. The van der Waals surface area contributed by atoms with Gasteiger partial charge >= 0.3 is 0 Å². The van der Waals surface area contributed by atoms with Crippen molar-refractivity contribution in [2.75, 3.05) is 12.3 Å². The Labute approximate surface area is 174 Å². The molecule has 4 aromatic rings. The standard InChI is InChI=1S/C21H21N5O3S/c1-14-22-21(25-29-14)16-8-6-15(7-9-16)12-26-11-10-17(13-30(26,27)28)20-23-18-4-2-3-5-19(18)24-20/h2-9,17H,10-13H2,1H3,(H,23,24). The summed E-state index contributed by atoms with van der Waals surface area (Å²) in [4.78, 5) is 12.1. The SMILES string of the molecule is Cc1nc(-c2ccc(CN3CCC(c4nc5ccccc5[nH]4)CS3(=O)=O)cc2)no1. The lowest BCUT2D eigenvalue weighted by molar-refractivity contribution is 0.360. The summed E-state index contributed by atoms with van der Waals surface area (Å²) in [5.41, 5.74) is 3.56. The first kappa shape index (κ1) is 19.0. The lowest BCUT2D eigenvalue weighted by atomic mass is 10.1. The fourth-order valence-electron chi connectivity index (χ4n) is 3.82. The maximum atomic E-state index is 12.9. The Hall–Kier alpha value is -3.04. The van der Waals surface area contributed by atoms with Crippen molar-refractivity contribution in [3.05, 3.63) is 65.8 Å². The number of nitrogens with zero attached hydrogens (tertiary/aromatic N) is 4. The van der Waals surface area contributed by atoms with E-state index in [0.717, 1.165) is 34.4 Å². The molecule has 0 bridgehead atoms. The number of aryl methyl sites for hydroxylation is 1. The molecule has 0 radical (unpaired) electrons. The molecule has 154 valence electrons. The molecule has 5 rings (SSSR count). The number of hydrogen-bond acceptors (Lipinski definition) is 6. The lowest BCUT2D eigenvalue weighted by Crippen LogP contribution is -2.40. The zero-order chi connectivity index (χ0) is 20.7. The molecule has 1 atom stereocenters. The second-order valence-corrected chi connectivity index (χ2v) is 9.58. The third-order valence-corrected chi connectivity index (χ3v) is 7.35. The number of aromatic nitrogens is 4. The molecule has 0 spiro atoms. The fraction of sp³-hybridized carbons (Fsp3) is 0.286. The van der Waals surface area contributed by atoms with Crippen LogP contribution in [0, 0.1) is 6.92 Å². The van der Waals surface area contributed by atoms with Crippen molar-refractivity contribution < 1.29 is 12.9 Å². The van der Waals surface area contributed by atoms with Gasteiger partial charge in [0, 0.05) is 31.5 Å². The van der Waals surface area contributed by atoms with E-state index in [2.05, 4.69) is 20.1 Å². The number of benzene rings is 2. The highest BCUT2D eigenvalue weighted by molar-refractivity contribution is 7.89. The van der Waals surface area contributed by atoms with E-state index >= 15 is 0 Å². The maximum absolute atomic E-state index is 12.9. The topological polar surface area (TPSA) is 105 Å². The summed E-state index contributed by atoms with van der Waals surface area (Å²) in [7, 11) is -3.38. The van der Waals surface area contributed by atoms with E-state index < -0.39 is 10.0 Å². The molecule has 1 saturated heterocycles. The second-order valence-electron chi connectivity index (χ2n) is 7.57. The molecule has 8 nitrogen and oxygen atoms in total. The van der Waals surface area contributed by atoms with Crippen LogP contribution in [0.25, 0.3) is 22.4 Å². The van der Waals surface area contributed by atoms with Crippen LogP contribution in [0.1, 0.15) is 29.6 Å². The monoisotopic (exact) mass is 423 g/mol. The van der Waals surface area contributed by atoms with E-state index in [-0.39, 0.29) is 11.7 Å². The number of fused-ring (bicyclic) bond motifs is 1. The lowest BCUT2D eigenvalue weighted by Gasteiger charge is -2.30. The number of aromatic amines is 1. The Morgan fingerprint density at radius 1 is 1.13 bits per heavy atom. The summed E-state index contributed by atoms with van der Waals surface area (Å²) < 4.78 is 32.4. The molecule has 2 aromatic carbocycles. The van der Waals surface area contributed by atoms with Crippen molar-refractivity contribution in [2.45, 2.75) is 25.8 Å². The first-order valence-electron chi connectivity index (χ1n) is 9.80. The predicted molar refractivity (Wildman–Crippen MR) is 112 cm³/mol. The molecule has 0 aliphatic carbocycles. The summed E-state index contributed by atoms with van der Waals surface area (Å²) >= 11 is 0. The average Bonchev–Trinajstić information content (AvgIpc) is 3.36. The minimum atomic E-state index is -3.38. The van der Waals surface area contributed by atoms with Gasteiger partial charge in [-0.25, -0.2) is 13.4 Å². The van der Waals surface area contributed by atoms with Crippen molar-refractivity contribution in [3.63, 3.8) is 0 Å². The van der Waals surface area contributed by atoms with E-state index in [1.54, 1.807) is 11.2 Å². The molecule has 0 saturated carbocycles. The molecule has 1 aliphatic rings. The highest BCUT2D eigenvalue weighted by Gasteiger charge is 2.34. The highest BCUT2D eigenvalue weighted by atomic mass is 32.2. The zero-order valence-corrected chi connectivity index (χ0v) is 17.3. The van der Waals surface area contributed by atoms with E-state index in [1.807, 2.05) is 48.5 Å². The average molecular weight is 423 g/mol. The zero-order valence-electron chi connectivity index (χ0n) is 16.4. The quantitative estimate of drug-likeness (QED) is 0.540. The molecular formula is C21H21N5O3S. The highest BCUT2D eigenvalue weighted by Crippen LogP contribution is 2.29. The van der Waals surface area contributed by atoms with Gasteiger partial charge in [0.25, 0.3) is 0 Å². The second kappa shape index (κ2) is 7.33. The van der Waals surface area contributed by atoms with Crippen LogP contribution in [0.5, 0.6) is 0 Å². The Bertz CT molecular complexity index is 1260. The number of sulfonamides is 1. The minimum absolute atomic E-state index is 0.0625. The van der Waals surface area contributed by atoms with Crippen molar-refractivity contribution in [2.24, 2.45) is 0 Å². The summed E-state index contributed by atoms with van der Waals surface area (Å²) in [5, 5.41) is 3.91. The Morgan fingerprint density at radius 3 is 2.63 bits per heavy atom. The van der Waals surface area contributed by atoms with E-state index in [4.69, 9.17) is 4.52 Å². The molecule has 30 heavy (non-hydrogen) atoms. The van der Waals surface area contributed by atoms with Crippen molar-refractivity contribution in [1.29, 1.82) is 0 Å². The number of para-hydroxylation sites is 2. The van der Waals surface area contributed by atoms with Gasteiger partial charge in [-0.3, -0.25) is 0 Å². The summed E-state index contributed by atoms with van der Waals surface area (Å²) in [5.74, 6) is 1.72. The molecule has 3 heterocycles. The number of hydrogen-bond donors (Lipinski definition) is 1. The predicted octanol–water partition coefficient (Wildman–Crippen LogP) is 3.24. The first-order valence-corrected chi connectivity index (χ1v) is 11.4. The van der Waals surface area contributed by atoms with Crippen LogP contribution in [0.3, 0.4) is 0 Å². The Kier molecular flexibility index (Phi) is 4.63. The maximum Gasteiger partial charge on any atom is 0.223 e. The van der Waals surface area contributed by atoms with Crippen LogP contribution in [0.15, 0.2) is 53.1 Å². The number of nitrogens with one attached hydrogen (secondary N) is 1. The van der Waals surface area contributed by atoms with Crippen LogP contribution in [-0.2, 0) is 16.6 Å². The van der Waals surface area contributed by atoms with Crippen LogP contribution >= 0.6 is 0 Å². The molecule has 2 aromatic heterocycles. The Balaban J connectivity index is 1.29. The summed E-state index contributed by atoms with van der Waals surface area (Å²) in [6.45, 7) is 2.56. The van der Waals surface area contributed by atoms with Gasteiger partial charge in [0.05, 0.1) is 16.8 Å². The van der Waals surface area contributed by atoms with Crippen molar-refractivity contribution in [3.8, 4) is 11.4 Å². The largest absolute Gasteiger partial charge is 0.342 e. The number of rotatable bonds is 4. The van der Waals surface area contributed by atoms with E-state index in [0.29, 0.717) is 24.8 Å². The van der Waals surface area contributed by atoms with E-state index in [1.165, 1.54) is 0 Å². The number of imidazole rings is 1. The minimum Gasteiger partial charge on any atom is -0.342 e.